The van der Waals surface area contributed by atoms with Gasteiger partial charge in [0.1, 0.15) is 6.42 Å². The van der Waals surface area contributed by atoms with E-state index in [-0.39, 0.29) is 12.3 Å². The van der Waals surface area contributed by atoms with E-state index in [2.05, 4.69) is 10.3 Å². The third-order valence-electron chi connectivity index (χ3n) is 2.41. The summed E-state index contributed by atoms with van der Waals surface area (Å²) in [4.78, 5) is 15.6. The maximum Gasteiger partial charge on any atom is 0.240 e. The van der Waals surface area contributed by atoms with Gasteiger partial charge in [-0.3, -0.25) is 4.79 Å². The highest BCUT2D eigenvalue weighted by atomic mass is 32.1. The number of anilines is 1. The van der Waals surface area contributed by atoms with E-state index in [1.807, 2.05) is 36.6 Å². The smallest absolute Gasteiger partial charge is 0.240 e. The molecule has 1 heterocycles. The third-order valence-corrected chi connectivity index (χ3v) is 3.17. The summed E-state index contributed by atoms with van der Waals surface area (Å²) in [6, 6.07) is 9.73. The number of hydrogen-bond acceptors (Lipinski definition) is 4. The predicted molar refractivity (Wildman–Crippen MR) is 71.1 cm³/mol. The minimum atomic E-state index is -0.330. The van der Waals surface area contributed by atoms with Gasteiger partial charge in [-0.2, -0.15) is 5.26 Å². The van der Waals surface area contributed by atoms with E-state index in [0.717, 1.165) is 16.8 Å². The van der Waals surface area contributed by atoms with Crippen LogP contribution in [0.15, 0.2) is 29.6 Å². The van der Waals surface area contributed by atoms with Crippen LogP contribution < -0.4 is 5.32 Å². The number of benzene rings is 1. The van der Waals surface area contributed by atoms with Gasteiger partial charge in [-0.25, -0.2) is 4.98 Å². The molecule has 2 rings (SSSR count). The Balaban J connectivity index is 2.19. The number of aromatic nitrogens is 1. The van der Waals surface area contributed by atoms with Crippen molar-refractivity contribution in [3.05, 3.63) is 35.2 Å². The minimum absolute atomic E-state index is 0.153. The average Bonchev–Trinajstić information content (AvgIpc) is 2.78. The van der Waals surface area contributed by atoms with Crippen molar-refractivity contribution < 1.29 is 4.79 Å². The fraction of sp³-hybridized carbons (Fsp3) is 0.154. The Hall–Kier alpha value is -2.19. The van der Waals surface area contributed by atoms with Crippen LogP contribution in [0, 0.1) is 18.3 Å². The van der Waals surface area contributed by atoms with E-state index >= 15 is 0 Å². The van der Waals surface area contributed by atoms with E-state index in [1.54, 1.807) is 6.07 Å². The Bertz CT molecular complexity index is 613. The Morgan fingerprint density at radius 3 is 3.00 bits per heavy atom. The molecule has 2 aromatic rings. The summed E-state index contributed by atoms with van der Waals surface area (Å²) in [7, 11) is 0. The van der Waals surface area contributed by atoms with Crippen molar-refractivity contribution in [3.63, 3.8) is 0 Å². The predicted octanol–water partition coefficient (Wildman–Crippen LogP) is 2.97. The van der Waals surface area contributed by atoms with Crippen molar-refractivity contribution in [2.45, 2.75) is 13.3 Å². The second-order valence-electron chi connectivity index (χ2n) is 3.74. The first-order valence-electron chi connectivity index (χ1n) is 5.39. The Morgan fingerprint density at radius 2 is 2.28 bits per heavy atom. The Morgan fingerprint density at radius 1 is 1.50 bits per heavy atom. The molecule has 1 aromatic heterocycles. The zero-order chi connectivity index (χ0) is 13.0. The quantitative estimate of drug-likeness (QED) is 0.919. The summed E-state index contributed by atoms with van der Waals surface area (Å²) in [5, 5.41) is 13.4. The molecule has 18 heavy (non-hydrogen) atoms. The largest absolute Gasteiger partial charge is 0.301 e. The van der Waals surface area contributed by atoms with Crippen LogP contribution in [0.5, 0.6) is 0 Å². The first-order chi connectivity index (χ1) is 8.70. The summed E-state index contributed by atoms with van der Waals surface area (Å²) in [6.07, 6.45) is -0.153. The van der Waals surface area contributed by atoms with Gasteiger partial charge < -0.3 is 5.32 Å². The number of thiazole rings is 1. The summed E-state index contributed by atoms with van der Waals surface area (Å²) >= 11 is 1.35. The number of rotatable bonds is 3. The molecule has 0 saturated heterocycles. The first kappa shape index (κ1) is 12.3. The molecule has 0 aliphatic carbocycles. The lowest BCUT2D eigenvalue weighted by Gasteiger charge is -2.01. The van der Waals surface area contributed by atoms with Gasteiger partial charge in [0.15, 0.2) is 5.13 Å². The molecule has 0 fully saturated rings. The monoisotopic (exact) mass is 257 g/mol. The molecule has 0 bridgehead atoms. The fourth-order valence-electron chi connectivity index (χ4n) is 1.55. The van der Waals surface area contributed by atoms with Gasteiger partial charge >= 0.3 is 0 Å². The van der Waals surface area contributed by atoms with Gasteiger partial charge in [-0.15, -0.1) is 11.3 Å². The summed E-state index contributed by atoms with van der Waals surface area (Å²) in [6.45, 7) is 2.02. The van der Waals surface area contributed by atoms with E-state index in [9.17, 15) is 4.79 Å². The van der Waals surface area contributed by atoms with Gasteiger partial charge in [-0.1, -0.05) is 24.3 Å². The highest BCUT2D eigenvalue weighted by Gasteiger charge is 2.08. The van der Waals surface area contributed by atoms with Crippen LogP contribution in [-0.2, 0) is 4.79 Å². The van der Waals surface area contributed by atoms with Crippen LogP contribution in [0.1, 0.15) is 12.0 Å². The second-order valence-corrected chi connectivity index (χ2v) is 4.59. The standard InChI is InChI=1S/C13H11N3OS/c1-9-4-2-3-5-10(9)11-8-18-13(15-11)16-12(17)6-7-14/h2-5,8H,6H2,1H3,(H,15,16,17). The fourth-order valence-corrected chi connectivity index (χ4v) is 2.28. The molecule has 0 aliphatic heterocycles. The average molecular weight is 257 g/mol. The molecule has 1 aromatic carbocycles. The molecular formula is C13H11N3OS. The molecule has 0 spiro atoms. The molecule has 1 N–H and O–H groups in total. The molecule has 1 amide bonds. The van der Waals surface area contributed by atoms with E-state index in [0.29, 0.717) is 5.13 Å². The number of aryl methyl sites for hydroxylation is 1. The Kier molecular flexibility index (Phi) is 3.70. The van der Waals surface area contributed by atoms with Crippen LogP contribution in [0.2, 0.25) is 0 Å². The van der Waals surface area contributed by atoms with Crippen molar-refractivity contribution in [3.8, 4) is 17.3 Å². The maximum atomic E-state index is 11.3. The minimum Gasteiger partial charge on any atom is -0.301 e. The molecule has 90 valence electrons. The van der Waals surface area contributed by atoms with Crippen molar-refractivity contribution in [1.82, 2.24) is 4.98 Å². The number of nitriles is 1. The van der Waals surface area contributed by atoms with E-state index in [1.165, 1.54) is 11.3 Å². The zero-order valence-electron chi connectivity index (χ0n) is 9.80. The topological polar surface area (TPSA) is 65.8 Å². The maximum absolute atomic E-state index is 11.3. The highest BCUT2D eigenvalue weighted by Crippen LogP contribution is 2.27. The molecule has 4 nitrogen and oxygen atoms in total. The molecule has 5 heteroatoms. The zero-order valence-corrected chi connectivity index (χ0v) is 10.6. The molecule has 0 aliphatic rings. The lowest BCUT2D eigenvalue weighted by Crippen LogP contribution is -2.09. The van der Waals surface area contributed by atoms with Crippen LogP contribution in [0.3, 0.4) is 0 Å². The summed E-state index contributed by atoms with van der Waals surface area (Å²) in [5.41, 5.74) is 3.03. The van der Waals surface area contributed by atoms with Crippen molar-refractivity contribution in [2.75, 3.05) is 5.32 Å². The van der Waals surface area contributed by atoms with Gasteiger partial charge in [0.2, 0.25) is 5.91 Å². The normalized spacial score (nSPS) is 9.78. The second kappa shape index (κ2) is 5.43. The SMILES string of the molecule is Cc1ccccc1-c1csc(NC(=O)CC#N)n1. The summed E-state index contributed by atoms with van der Waals surface area (Å²) in [5.74, 6) is -0.330. The molecule has 0 radical (unpaired) electrons. The molecule has 0 saturated carbocycles. The number of carbonyl (C=O) groups excluding carboxylic acids is 1. The molecule has 0 unspecified atom stereocenters. The van der Waals surface area contributed by atoms with Gasteiger partial charge in [0, 0.05) is 10.9 Å². The van der Waals surface area contributed by atoms with Crippen LogP contribution in [0.25, 0.3) is 11.3 Å². The third kappa shape index (κ3) is 2.73. The van der Waals surface area contributed by atoms with Gasteiger partial charge in [0.05, 0.1) is 11.8 Å². The van der Waals surface area contributed by atoms with Crippen LogP contribution >= 0.6 is 11.3 Å². The first-order valence-corrected chi connectivity index (χ1v) is 6.27. The number of amides is 1. The van der Waals surface area contributed by atoms with Crippen molar-refractivity contribution >= 4 is 22.4 Å². The van der Waals surface area contributed by atoms with E-state index in [4.69, 9.17) is 5.26 Å². The van der Waals surface area contributed by atoms with Crippen molar-refractivity contribution in [2.24, 2.45) is 0 Å². The number of carbonyl (C=O) groups is 1. The van der Waals surface area contributed by atoms with Crippen LogP contribution in [0.4, 0.5) is 5.13 Å². The Labute approximate surface area is 109 Å². The number of nitrogens with one attached hydrogen (secondary N) is 1. The lowest BCUT2D eigenvalue weighted by molar-refractivity contribution is -0.115. The van der Waals surface area contributed by atoms with Gasteiger partial charge in [0.25, 0.3) is 0 Å². The van der Waals surface area contributed by atoms with E-state index < -0.39 is 0 Å². The molecular weight excluding hydrogens is 246 g/mol. The van der Waals surface area contributed by atoms with Crippen molar-refractivity contribution in [1.29, 1.82) is 5.26 Å². The van der Waals surface area contributed by atoms with Gasteiger partial charge in [-0.05, 0) is 12.5 Å². The number of nitrogens with zero attached hydrogens (tertiary/aromatic N) is 2. The number of hydrogen-bond donors (Lipinski definition) is 1. The lowest BCUT2D eigenvalue weighted by atomic mass is 10.1. The van der Waals surface area contributed by atoms with Crippen LogP contribution in [-0.4, -0.2) is 10.9 Å². The molecule has 0 atom stereocenters. The highest BCUT2D eigenvalue weighted by molar-refractivity contribution is 7.14. The summed E-state index contributed by atoms with van der Waals surface area (Å²) < 4.78 is 0.